The summed E-state index contributed by atoms with van der Waals surface area (Å²) in [6, 6.07) is 12.4. The van der Waals surface area contributed by atoms with Gasteiger partial charge in [-0.1, -0.05) is 28.1 Å². The highest BCUT2D eigenvalue weighted by molar-refractivity contribution is 9.10. The fourth-order valence-corrected chi connectivity index (χ4v) is 2.75. The Kier molecular flexibility index (Phi) is 3.51. The van der Waals surface area contributed by atoms with Crippen LogP contribution in [0.4, 0.5) is 21.5 Å². The van der Waals surface area contributed by atoms with Gasteiger partial charge in [0.05, 0.1) is 28.8 Å². The number of pyridine rings is 1. The molecule has 0 saturated heterocycles. The van der Waals surface area contributed by atoms with E-state index in [2.05, 4.69) is 20.9 Å². The highest BCUT2D eigenvalue weighted by Crippen LogP contribution is 2.37. The van der Waals surface area contributed by atoms with Gasteiger partial charge in [0.1, 0.15) is 5.82 Å². The number of nitrogen functional groups attached to an aromatic ring is 1. The standard InChI is InChI=1S/C16H13BrFN3/c1-21(15-5-3-2-4-12(15)18)16-11-8-10(17)6-7-14(11)20-9-13(16)19/h2-9H,19H2,1H3. The maximum absolute atomic E-state index is 14.0. The molecule has 0 unspecified atom stereocenters. The molecule has 0 aliphatic carbocycles. The summed E-state index contributed by atoms with van der Waals surface area (Å²) in [6.07, 6.45) is 1.60. The SMILES string of the molecule is CN(c1ccccc1F)c1c(N)cnc2ccc(Br)cc12. The number of nitrogens with two attached hydrogens (primary N) is 1. The van der Waals surface area contributed by atoms with Gasteiger partial charge in [0.2, 0.25) is 0 Å². The van der Waals surface area contributed by atoms with Crippen LogP contribution in [-0.4, -0.2) is 12.0 Å². The van der Waals surface area contributed by atoms with Gasteiger partial charge in [-0.2, -0.15) is 0 Å². The number of nitrogens with zero attached hydrogens (tertiary/aromatic N) is 2. The Morgan fingerprint density at radius 3 is 2.71 bits per heavy atom. The van der Waals surface area contributed by atoms with Crippen LogP contribution in [0.5, 0.6) is 0 Å². The van der Waals surface area contributed by atoms with Gasteiger partial charge in [0, 0.05) is 16.9 Å². The first-order chi connectivity index (χ1) is 10.1. The first kappa shape index (κ1) is 13.8. The average molecular weight is 346 g/mol. The molecule has 5 heteroatoms. The molecule has 0 saturated carbocycles. The summed E-state index contributed by atoms with van der Waals surface area (Å²) in [5.41, 5.74) is 8.61. The molecule has 0 aliphatic heterocycles. The predicted octanol–water partition coefficient (Wildman–Crippen LogP) is 4.49. The molecule has 3 aromatic rings. The van der Waals surface area contributed by atoms with Crippen LogP contribution in [0.25, 0.3) is 10.9 Å². The average Bonchev–Trinajstić information content (AvgIpc) is 2.47. The number of benzene rings is 2. The number of anilines is 3. The Bertz CT molecular complexity index is 814. The van der Waals surface area contributed by atoms with E-state index in [1.807, 2.05) is 18.2 Å². The van der Waals surface area contributed by atoms with Crippen LogP contribution in [0.3, 0.4) is 0 Å². The third kappa shape index (κ3) is 2.45. The molecule has 0 aliphatic rings. The third-order valence-corrected chi connectivity index (χ3v) is 3.87. The zero-order valence-electron chi connectivity index (χ0n) is 11.3. The van der Waals surface area contributed by atoms with E-state index >= 15 is 0 Å². The molecular formula is C16H13BrFN3. The summed E-state index contributed by atoms with van der Waals surface area (Å²) in [5, 5.41) is 0.870. The molecule has 0 amide bonds. The topological polar surface area (TPSA) is 42.1 Å². The molecule has 3 rings (SSSR count). The van der Waals surface area contributed by atoms with Crippen LogP contribution in [0.2, 0.25) is 0 Å². The monoisotopic (exact) mass is 345 g/mol. The Morgan fingerprint density at radius 1 is 1.19 bits per heavy atom. The van der Waals surface area contributed by atoms with Gasteiger partial charge < -0.3 is 10.6 Å². The van der Waals surface area contributed by atoms with Crippen molar-refractivity contribution in [1.29, 1.82) is 0 Å². The molecule has 2 N–H and O–H groups in total. The maximum Gasteiger partial charge on any atom is 0.146 e. The van der Waals surface area contributed by atoms with Gasteiger partial charge in [-0.25, -0.2) is 4.39 Å². The molecule has 1 aromatic heterocycles. The lowest BCUT2D eigenvalue weighted by Crippen LogP contribution is -2.14. The molecule has 2 aromatic carbocycles. The van der Waals surface area contributed by atoms with Crippen LogP contribution in [0, 0.1) is 5.82 Å². The quantitative estimate of drug-likeness (QED) is 0.744. The van der Waals surface area contributed by atoms with E-state index in [4.69, 9.17) is 5.73 Å². The summed E-state index contributed by atoms with van der Waals surface area (Å²) in [5.74, 6) is -0.292. The minimum absolute atomic E-state index is 0.292. The molecule has 0 radical (unpaired) electrons. The summed E-state index contributed by atoms with van der Waals surface area (Å²) in [6.45, 7) is 0. The van der Waals surface area contributed by atoms with Gasteiger partial charge in [-0.3, -0.25) is 4.98 Å². The molecule has 0 bridgehead atoms. The Labute approximate surface area is 130 Å². The summed E-state index contributed by atoms with van der Waals surface area (Å²) in [4.78, 5) is 6.07. The molecule has 3 nitrogen and oxygen atoms in total. The van der Waals surface area contributed by atoms with Crippen LogP contribution in [0.1, 0.15) is 0 Å². The second-order valence-electron chi connectivity index (χ2n) is 4.73. The van der Waals surface area contributed by atoms with E-state index in [0.717, 1.165) is 21.1 Å². The summed E-state index contributed by atoms with van der Waals surface area (Å²) < 4.78 is 15.0. The van der Waals surface area contributed by atoms with Crippen molar-refractivity contribution in [3.63, 3.8) is 0 Å². The Balaban J connectivity index is 2.26. The summed E-state index contributed by atoms with van der Waals surface area (Å²) >= 11 is 3.45. The first-order valence-electron chi connectivity index (χ1n) is 6.40. The van der Waals surface area contributed by atoms with E-state index in [9.17, 15) is 4.39 Å². The van der Waals surface area contributed by atoms with E-state index in [-0.39, 0.29) is 5.82 Å². The van der Waals surface area contributed by atoms with Crippen LogP contribution >= 0.6 is 15.9 Å². The molecule has 0 fully saturated rings. The summed E-state index contributed by atoms with van der Waals surface area (Å²) in [7, 11) is 1.80. The first-order valence-corrected chi connectivity index (χ1v) is 7.19. The molecule has 106 valence electrons. The fourth-order valence-electron chi connectivity index (χ4n) is 2.38. The Morgan fingerprint density at radius 2 is 1.95 bits per heavy atom. The van der Waals surface area contributed by atoms with Gasteiger partial charge in [0.15, 0.2) is 0 Å². The number of halogens is 2. The molecule has 0 atom stereocenters. The number of hydrogen-bond acceptors (Lipinski definition) is 3. The van der Waals surface area contributed by atoms with E-state index in [0.29, 0.717) is 11.4 Å². The minimum Gasteiger partial charge on any atom is -0.396 e. The third-order valence-electron chi connectivity index (χ3n) is 3.38. The lowest BCUT2D eigenvalue weighted by Gasteiger charge is -2.23. The second kappa shape index (κ2) is 5.33. The van der Waals surface area contributed by atoms with Crippen molar-refractivity contribution in [3.8, 4) is 0 Å². The molecular weight excluding hydrogens is 333 g/mol. The van der Waals surface area contributed by atoms with E-state index in [1.54, 1.807) is 36.3 Å². The van der Waals surface area contributed by atoms with Gasteiger partial charge >= 0.3 is 0 Å². The van der Waals surface area contributed by atoms with Crippen molar-refractivity contribution in [2.75, 3.05) is 17.7 Å². The zero-order chi connectivity index (χ0) is 15.0. The van der Waals surface area contributed by atoms with Crippen molar-refractivity contribution in [2.45, 2.75) is 0 Å². The number of fused-ring (bicyclic) bond motifs is 1. The van der Waals surface area contributed by atoms with Gasteiger partial charge in [-0.15, -0.1) is 0 Å². The smallest absolute Gasteiger partial charge is 0.146 e. The lowest BCUT2D eigenvalue weighted by molar-refractivity contribution is 0.628. The highest BCUT2D eigenvalue weighted by atomic mass is 79.9. The maximum atomic E-state index is 14.0. The second-order valence-corrected chi connectivity index (χ2v) is 5.65. The van der Waals surface area contributed by atoms with Crippen molar-refractivity contribution in [2.24, 2.45) is 0 Å². The molecule has 0 spiro atoms. The highest BCUT2D eigenvalue weighted by Gasteiger charge is 2.15. The van der Waals surface area contributed by atoms with Crippen LogP contribution in [0.15, 0.2) is 53.1 Å². The van der Waals surface area contributed by atoms with Crippen molar-refractivity contribution >= 4 is 43.9 Å². The largest absolute Gasteiger partial charge is 0.396 e. The lowest BCUT2D eigenvalue weighted by atomic mass is 10.1. The van der Waals surface area contributed by atoms with Crippen molar-refractivity contribution < 1.29 is 4.39 Å². The van der Waals surface area contributed by atoms with Gasteiger partial charge in [0.25, 0.3) is 0 Å². The van der Waals surface area contributed by atoms with Gasteiger partial charge in [-0.05, 0) is 30.3 Å². The minimum atomic E-state index is -0.292. The normalized spacial score (nSPS) is 10.8. The molecule has 21 heavy (non-hydrogen) atoms. The van der Waals surface area contributed by atoms with E-state index in [1.165, 1.54) is 6.07 Å². The molecule has 1 heterocycles. The number of rotatable bonds is 2. The van der Waals surface area contributed by atoms with E-state index < -0.39 is 0 Å². The number of aromatic nitrogens is 1. The van der Waals surface area contributed by atoms with Crippen LogP contribution < -0.4 is 10.6 Å². The Hall–Kier alpha value is -2.14. The predicted molar refractivity (Wildman–Crippen MR) is 88.3 cm³/mol. The number of para-hydroxylation sites is 1. The van der Waals surface area contributed by atoms with Crippen molar-refractivity contribution in [1.82, 2.24) is 4.98 Å². The fraction of sp³-hybridized carbons (Fsp3) is 0.0625. The number of hydrogen-bond donors (Lipinski definition) is 1. The van der Waals surface area contributed by atoms with Crippen molar-refractivity contribution in [3.05, 3.63) is 59.0 Å². The zero-order valence-corrected chi connectivity index (χ0v) is 12.9. The van der Waals surface area contributed by atoms with Crippen LogP contribution in [-0.2, 0) is 0 Å².